The molecule has 3 aromatic rings. The van der Waals surface area contributed by atoms with Crippen LogP contribution in [-0.4, -0.2) is 57.9 Å². The summed E-state index contributed by atoms with van der Waals surface area (Å²) in [4.78, 5) is 16.4. The Morgan fingerprint density at radius 2 is 2.12 bits per heavy atom. The lowest BCUT2D eigenvalue weighted by Crippen LogP contribution is -2.24. The van der Waals surface area contributed by atoms with Crippen molar-refractivity contribution in [1.82, 2.24) is 14.6 Å². The van der Waals surface area contributed by atoms with Crippen LogP contribution in [0.3, 0.4) is 0 Å². The van der Waals surface area contributed by atoms with Crippen LogP contribution >= 0.6 is 0 Å². The number of benzene rings is 1. The van der Waals surface area contributed by atoms with Gasteiger partial charge in [0.2, 0.25) is 0 Å². The topological polar surface area (TPSA) is 86.0 Å². The van der Waals surface area contributed by atoms with E-state index < -0.39 is 11.7 Å². The first-order chi connectivity index (χ1) is 15.2. The third-order valence-electron chi connectivity index (χ3n) is 5.26. The second-order valence-electron chi connectivity index (χ2n) is 8.29. The Morgan fingerprint density at radius 3 is 2.78 bits per heavy atom. The maximum absolute atomic E-state index is 13.3. The molecule has 0 spiro atoms. The van der Waals surface area contributed by atoms with Gasteiger partial charge in [0.1, 0.15) is 17.6 Å². The van der Waals surface area contributed by atoms with E-state index in [0.717, 1.165) is 22.0 Å². The van der Waals surface area contributed by atoms with Crippen molar-refractivity contribution in [2.24, 2.45) is 0 Å². The fraction of sp³-hybridized carbons (Fsp3) is 0.391. The van der Waals surface area contributed by atoms with Gasteiger partial charge in [-0.05, 0) is 37.6 Å². The van der Waals surface area contributed by atoms with Gasteiger partial charge in [-0.2, -0.15) is 0 Å². The highest BCUT2D eigenvalue weighted by Gasteiger charge is 2.32. The largest absolute Gasteiger partial charge is 0.374 e. The maximum atomic E-state index is 13.3. The summed E-state index contributed by atoms with van der Waals surface area (Å²) in [5.74, 6) is -1.51. The number of halogens is 1. The molecule has 1 saturated heterocycles. The van der Waals surface area contributed by atoms with Crippen LogP contribution < -0.4 is 0 Å². The van der Waals surface area contributed by atoms with Crippen molar-refractivity contribution in [3.05, 3.63) is 65.4 Å². The summed E-state index contributed by atoms with van der Waals surface area (Å²) in [5.41, 5.74) is 2.70. The Kier molecular flexibility index (Phi) is 6.25. The molecule has 32 heavy (non-hydrogen) atoms. The second-order valence-corrected chi connectivity index (χ2v) is 8.29. The number of rotatable bonds is 7. The summed E-state index contributed by atoms with van der Waals surface area (Å²) in [6.07, 6.45) is 3.37. The first-order valence-corrected chi connectivity index (χ1v) is 10.3. The highest BCUT2D eigenvalue weighted by Crippen LogP contribution is 2.26. The third-order valence-corrected chi connectivity index (χ3v) is 5.26. The predicted molar refractivity (Wildman–Crippen MR) is 114 cm³/mol. The van der Waals surface area contributed by atoms with E-state index >= 15 is 0 Å². The molecule has 0 aliphatic carbocycles. The van der Waals surface area contributed by atoms with Crippen LogP contribution in [0, 0.1) is 5.82 Å². The number of ether oxygens (including phenoxy) is 3. The van der Waals surface area contributed by atoms with Gasteiger partial charge in [0, 0.05) is 30.7 Å². The highest BCUT2D eigenvalue weighted by molar-refractivity contribution is 5.96. The zero-order chi connectivity index (χ0) is 22.9. The Morgan fingerprint density at radius 1 is 1.38 bits per heavy atom. The number of hydrogen-bond acceptors (Lipinski definition) is 6. The minimum absolute atomic E-state index is 0.123. The molecule has 1 aromatic carbocycles. The summed E-state index contributed by atoms with van der Waals surface area (Å²) in [7, 11) is 1.25. The van der Waals surface area contributed by atoms with Crippen LogP contribution in [0.5, 0.6) is 0 Å². The fourth-order valence-corrected chi connectivity index (χ4v) is 3.72. The molecule has 8 nitrogen and oxygen atoms in total. The van der Waals surface area contributed by atoms with E-state index in [1.165, 1.54) is 19.2 Å². The molecule has 170 valence electrons. The van der Waals surface area contributed by atoms with Gasteiger partial charge in [-0.25, -0.2) is 14.4 Å². The van der Waals surface area contributed by atoms with Gasteiger partial charge in [0.15, 0.2) is 5.79 Å². The van der Waals surface area contributed by atoms with Crippen molar-refractivity contribution in [3.63, 3.8) is 0 Å². The molecule has 1 atom stereocenters. The van der Waals surface area contributed by atoms with E-state index in [1.807, 2.05) is 24.6 Å². The number of fused-ring (bicyclic) bond motifs is 1. The molecule has 4 rings (SSSR count). The van der Waals surface area contributed by atoms with Crippen LogP contribution in [0.2, 0.25) is 0 Å². The van der Waals surface area contributed by atoms with Gasteiger partial charge in [0.05, 0.1) is 31.5 Å². The van der Waals surface area contributed by atoms with Gasteiger partial charge >= 0.3 is 0 Å². The average molecular weight is 443 g/mol. The van der Waals surface area contributed by atoms with Gasteiger partial charge in [0.25, 0.3) is 5.91 Å². The summed E-state index contributed by atoms with van der Waals surface area (Å²) >= 11 is 0. The molecule has 1 fully saturated rings. The Bertz CT molecular complexity index is 1110. The molecule has 0 saturated carbocycles. The number of amides is 1. The van der Waals surface area contributed by atoms with Crippen LogP contribution in [-0.2, 0) is 27.4 Å². The minimum atomic E-state index is -0.615. The molecular formula is C23H26FN3O5. The van der Waals surface area contributed by atoms with Crippen LogP contribution in [0.15, 0.2) is 42.7 Å². The first kappa shape index (κ1) is 22.3. The molecule has 1 unspecified atom stereocenters. The molecule has 1 N–H and O–H groups in total. The summed E-state index contributed by atoms with van der Waals surface area (Å²) in [5, 5.41) is 10.8. The van der Waals surface area contributed by atoms with Gasteiger partial charge in [-0.15, -0.1) is 0 Å². The highest BCUT2D eigenvalue weighted by atomic mass is 19.1. The van der Waals surface area contributed by atoms with Crippen molar-refractivity contribution in [2.45, 2.75) is 38.9 Å². The number of hydrogen-bond donors (Lipinski definition) is 1. The SMILES string of the molecule is CN(O)C(=O)c1cc2c(COCC3COC(C)(C)O3)cn(Cc3ccc(F)cc3)c2cn1. The van der Waals surface area contributed by atoms with Crippen LogP contribution in [0.4, 0.5) is 4.39 Å². The lowest BCUT2D eigenvalue weighted by Gasteiger charge is -2.17. The van der Waals surface area contributed by atoms with E-state index in [0.29, 0.717) is 31.4 Å². The molecular weight excluding hydrogens is 417 g/mol. The summed E-state index contributed by atoms with van der Waals surface area (Å²) in [6, 6.07) is 7.93. The number of aromatic nitrogens is 2. The van der Waals surface area contributed by atoms with Crippen molar-refractivity contribution >= 4 is 16.8 Å². The zero-order valence-electron chi connectivity index (χ0n) is 18.2. The molecule has 3 heterocycles. The lowest BCUT2D eigenvalue weighted by atomic mass is 10.2. The smallest absolute Gasteiger partial charge is 0.295 e. The zero-order valence-corrected chi connectivity index (χ0v) is 18.2. The summed E-state index contributed by atoms with van der Waals surface area (Å²) in [6.45, 7) is 5.34. The fourth-order valence-electron chi connectivity index (χ4n) is 3.72. The molecule has 0 bridgehead atoms. The standard InChI is InChI=1S/C23H26FN3O5/c1-23(2)31-14-18(32-23)13-30-12-16-11-27(10-15-4-6-17(24)7-5-15)21-9-25-20(8-19(16)21)22(28)26(3)29/h4-9,11,18,29H,10,12-14H2,1-3H3. The van der Waals surface area contributed by atoms with E-state index in [-0.39, 0.29) is 17.6 Å². The first-order valence-electron chi connectivity index (χ1n) is 10.3. The molecule has 2 aromatic heterocycles. The van der Waals surface area contributed by atoms with Gasteiger partial charge < -0.3 is 18.8 Å². The number of nitrogens with zero attached hydrogens (tertiary/aromatic N) is 3. The van der Waals surface area contributed by atoms with E-state index in [9.17, 15) is 14.4 Å². The van der Waals surface area contributed by atoms with E-state index in [4.69, 9.17) is 14.2 Å². The number of carbonyl (C=O) groups excluding carboxylic acids is 1. The quantitative estimate of drug-likeness (QED) is 0.445. The normalized spacial score (nSPS) is 17.7. The van der Waals surface area contributed by atoms with Crippen molar-refractivity contribution in [1.29, 1.82) is 0 Å². The maximum Gasteiger partial charge on any atom is 0.295 e. The monoisotopic (exact) mass is 443 g/mol. The third kappa shape index (κ3) is 4.97. The van der Waals surface area contributed by atoms with Crippen molar-refractivity contribution in [2.75, 3.05) is 20.3 Å². The van der Waals surface area contributed by atoms with Gasteiger partial charge in [-0.3, -0.25) is 10.0 Å². The van der Waals surface area contributed by atoms with Crippen LogP contribution in [0.25, 0.3) is 10.9 Å². The molecule has 9 heteroatoms. The minimum Gasteiger partial charge on any atom is -0.374 e. The number of hydroxylamine groups is 2. The van der Waals surface area contributed by atoms with Crippen LogP contribution in [0.1, 0.15) is 35.5 Å². The Balaban J connectivity index is 1.59. The Hall–Kier alpha value is -2.85. The molecule has 0 radical (unpaired) electrons. The van der Waals surface area contributed by atoms with E-state index in [1.54, 1.807) is 24.4 Å². The van der Waals surface area contributed by atoms with Gasteiger partial charge in [-0.1, -0.05) is 12.1 Å². The molecule has 1 aliphatic heterocycles. The number of carbonyl (C=O) groups is 1. The molecule has 1 aliphatic rings. The predicted octanol–water partition coefficient (Wildman–Crippen LogP) is 3.35. The molecule has 1 amide bonds. The van der Waals surface area contributed by atoms with Crippen molar-refractivity contribution < 1.29 is 28.6 Å². The average Bonchev–Trinajstić information content (AvgIpc) is 3.28. The van der Waals surface area contributed by atoms with Crippen molar-refractivity contribution in [3.8, 4) is 0 Å². The number of pyridine rings is 1. The second kappa shape index (κ2) is 8.95. The lowest BCUT2D eigenvalue weighted by molar-refractivity contribution is -0.145. The van der Waals surface area contributed by atoms with E-state index in [2.05, 4.69) is 4.98 Å². The Labute approximate surface area is 185 Å². The summed E-state index contributed by atoms with van der Waals surface area (Å²) < 4.78 is 32.5.